The van der Waals surface area contributed by atoms with Crippen LogP contribution in [0.4, 0.5) is 0 Å². The summed E-state index contributed by atoms with van der Waals surface area (Å²) in [5, 5.41) is 9.99. The predicted octanol–water partition coefficient (Wildman–Crippen LogP) is 1.57. The van der Waals surface area contributed by atoms with Crippen molar-refractivity contribution < 1.29 is 5.11 Å². The molecule has 72 valence electrons. The summed E-state index contributed by atoms with van der Waals surface area (Å²) < 4.78 is 0. The van der Waals surface area contributed by atoms with E-state index < -0.39 is 13.7 Å². The summed E-state index contributed by atoms with van der Waals surface area (Å²) in [6.07, 6.45) is 3.02. The number of hydrogen-bond acceptors (Lipinski definition) is 2. The molecule has 1 rings (SSSR count). The molecule has 2 nitrogen and oxygen atoms in total. The molecule has 0 radical (unpaired) electrons. The number of aliphatic hydroxyl groups is 1. The van der Waals surface area contributed by atoms with E-state index in [1.165, 1.54) is 18.5 Å². The van der Waals surface area contributed by atoms with Gasteiger partial charge in [0.25, 0.3) is 0 Å². The van der Waals surface area contributed by atoms with Gasteiger partial charge in [-0.2, -0.15) is 0 Å². The van der Waals surface area contributed by atoms with Gasteiger partial charge in [-0.3, -0.25) is 0 Å². The Kier molecular flexibility index (Phi) is 2.96. The summed E-state index contributed by atoms with van der Waals surface area (Å²) >= 11 is 0. The monoisotopic (exact) mass is 187 g/mol. The quantitative estimate of drug-likeness (QED) is 0.612. The molecule has 1 atom stereocenters. The third-order valence-electron chi connectivity index (χ3n) is 3.14. The maximum atomic E-state index is 9.99. The SMILES string of the molecule is C[Si]1(C)CCCC(O)(CN)CC1. The normalized spacial score (nSPS) is 36.0. The molecule has 3 N–H and O–H groups in total. The smallest absolute Gasteiger partial charge is 0.0766 e. The van der Waals surface area contributed by atoms with Crippen molar-refractivity contribution in [3.63, 3.8) is 0 Å². The van der Waals surface area contributed by atoms with Crippen molar-refractivity contribution in [2.75, 3.05) is 6.54 Å². The first-order valence-electron chi connectivity index (χ1n) is 4.90. The molecule has 1 fully saturated rings. The van der Waals surface area contributed by atoms with Crippen molar-refractivity contribution in [1.29, 1.82) is 0 Å². The molecule has 0 aliphatic carbocycles. The minimum atomic E-state index is -0.961. The van der Waals surface area contributed by atoms with Crippen molar-refractivity contribution >= 4 is 8.07 Å². The molecule has 1 aliphatic heterocycles. The third-order valence-corrected chi connectivity index (χ3v) is 6.45. The molecular weight excluding hydrogens is 166 g/mol. The Balaban J connectivity index is 2.56. The first-order chi connectivity index (χ1) is 5.47. The Hall–Kier alpha value is 0.137. The topological polar surface area (TPSA) is 46.2 Å². The van der Waals surface area contributed by atoms with Crippen LogP contribution in [-0.4, -0.2) is 25.3 Å². The maximum absolute atomic E-state index is 9.99. The van der Waals surface area contributed by atoms with Gasteiger partial charge in [0, 0.05) is 14.6 Å². The number of hydrogen-bond donors (Lipinski definition) is 2. The van der Waals surface area contributed by atoms with Gasteiger partial charge in [-0.15, -0.1) is 0 Å². The zero-order valence-electron chi connectivity index (χ0n) is 8.27. The van der Waals surface area contributed by atoms with Crippen molar-refractivity contribution in [1.82, 2.24) is 0 Å². The second-order valence-corrected chi connectivity index (χ2v) is 10.3. The fourth-order valence-corrected chi connectivity index (χ4v) is 4.45. The molecule has 0 amide bonds. The lowest BCUT2D eigenvalue weighted by Crippen LogP contribution is -2.37. The summed E-state index contributed by atoms with van der Waals surface area (Å²) in [5.41, 5.74) is 5.03. The second kappa shape index (κ2) is 3.48. The van der Waals surface area contributed by atoms with Gasteiger partial charge in [-0.1, -0.05) is 31.6 Å². The maximum Gasteiger partial charge on any atom is 0.0766 e. The fraction of sp³-hybridized carbons (Fsp3) is 1.00. The highest BCUT2D eigenvalue weighted by Gasteiger charge is 2.33. The summed E-state index contributed by atoms with van der Waals surface area (Å²) in [4.78, 5) is 0. The molecule has 12 heavy (non-hydrogen) atoms. The van der Waals surface area contributed by atoms with Crippen LogP contribution in [0, 0.1) is 0 Å². The van der Waals surface area contributed by atoms with Gasteiger partial charge >= 0.3 is 0 Å². The average molecular weight is 187 g/mol. The summed E-state index contributed by atoms with van der Waals surface area (Å²) in [5.74, 6) is 0. The number of nitrogens with two attached hydrogens (primary N) is 1. The van der Waals surface area contributed by atoms with Crippen LogP contribution in [0.1, 0.15) is 19.3 Å². The van der Waals surface area contributed by atoms with Gasteiger partial charge in [-0.05, 0) is 12.8 Å². The van der Waals surface area contributed by atoms with Crippen molar-refractivity contribution in [2.45, 2.75) is 50.0 Å². The van der Waals surface area contributed by atoms with Crippen LogP contribution < -0.4 is 5.73 Å². The molecule has 1 saturated heterocycles. The molecule has 0 aromatic rings. The van der Waals surface area contributed by atoms with Crippen molar-refractivity contribution in [2.24, 2.45) is 5.73 Å². The van der Waals surface area contributed by atoms with Gasteiger partial charge in [0.15, 0.2) is 0 Å². The molecule has 0 aromatic heterocycles. The van der Waals surface area contributed by atoms with Crippen LogP contribution in [0.5, 0.6) is 0 Å². The minimum absolute atomic E-state index is 0.442. The van der Waals surface area contributed by atoms with Gasteiger partial charge in [-0.25, -0.2) is 0 Å². The average Bonchev–Trinajstić information content (AvgIpc) is 2.13. The van der Waals surface area contributed by atoms with Crippen LogP contribution in [0.25, 0.3) is 0 Å². The molecule has 0 saturated carbocycles. The lowest BCUT2D eigenvalue weighted by Gasteiger charge is -2.25. The largest absolute Gasteiger partial charge is 0.389 e. The molecule has 1 aliphatic rings. The second-order valence-electron chi connectivity index (χ2n) is 4.95. The highest BCUT2D eigenvalue weighted by molar-refractivity contribution is 6.77. The fourth-order valence-electron chi connectivity index (χ4n) is 1.92. The van der Waals surface area contributed by atoms with Gasteiger partial charge < -0.3 is 10.8 Å². The van der Waals surface area contributed by atoms with Crippen molar-refractivity contribution in [3.05, 3.63) is 0 Å². The van der Waals surface area contributed by atoms with Crippen LogP contribution >= 0.6 is 0 Å². The molecule has 0 bridgehead atoms. The van der Waals surface area contributed by atoms with E-state index in [1.54, 1.807) is 0 Å². The molecule has 1 heterocycles. The van der Waals surface area contributed by atoms with Crippen LogP contribution in [0.3, 0.4) is 0 Å². The molecule has 1 unspecified atom stereocenters. The Labute approximate surface area is 76.2 Å². The van der Waals surface area contributed by atoms with Crippen LogP contribution in [0.15, 0.2) is 0 Å². The highest BCUT2D eigenvalue weighted by atomic mass is 28.3. The van der Waals surface area contributed by atoms with Gasteiger partial charge in [0.2, 0.25) is 0 Å². The Morgan fingerprint density at radius 3 is 2.58 bits per heavy atom. The molecule has 0 aromatic carbocycles. The zero-order valence-corrected chi connectivity index (χ0v) is 9.27. The van der Waals surface area contributed by atoms with E-state index in [-0.39, 0.29) is 0 Å². The molecule has 3 heteroatoms. The highest BCUT2D eigenvalue weighted by Crippen LogP contribution is 2.32. The van der Waals surface area contributed by atoms with E-state index in [9.17, 15) is 5.11 Å². The predicted molar refractivity (Wildman–Crippen MR) is 55.0 cm³/mol. The van der Waals surface area contributed by atoms with Gasteiger partial charge in [0.1, 0.15) is 0 Å². The Morgan fingerprint density at radius 1 is 1.33 bits per heavy atom. The van der Waals surface area contributed by atoms with E-state index in [2.05, 4.69) is 13.1 Å². The van der Waals surface area contributed by atoms with E-state index in [0.29, 0.717) is 6.54 Å². The van der Waals surface area contributed by atoms with E-state index in [1.807, 2.05) is 0 Å². The Bertz CT molecular complexity index is 161. The summed E-state index contributed by atoms with van der Waals surface area (Å²) in [7, 11) is -0.961. The molecular formula is C9H21NOSi. The van der Waals surface area contributed by atoms with Crippen LogP contribution in [-0.2, 0) is 0 Å². The Morgan fingerprint density at radius 2 is 2.00 bits per heavy atom. The van der Waals surface area contributed by atoms with E-state index in [0.717, 1.165) is 12.8 Å². The van der Waals surface area contributed by atoms with Crippen molar-refractivity contribution in [3.8, 4) is 0 Å². The van der Waals surface area contributed by atoms with Crippen LogP contribution in [0.2, 0.25) is 25.2 Å². The zero-order chi connectivity index (χ0) is 9.24. The summed E-state index contributed by atoms with van der Waals surface area (Å²) in [6, 6.07) is 2.59. The third kappa shape index (κ3) is 2.57. The number of rotatable bonds is 1. The first-order valence-corrected chi connectivity index (χ1v) is 8.31. The van der Waals surface area contributed by atoms with Gasteiger partial charge in [0.05, 0.1) is 5.60 Å². The van der Waals surface area contributed by atoms with E-state index >= 15 is 0 Å². The summed E-state index contributed by atoms with van der Waals surface area (Å²) in [6.45, 7) is 5.27. The minimum Gasteiger partial charge on any atom is -0.389 e. The standard InChI is InChI=1S/C9H21NOSi/c1-12(2)6-3-4-9(11,8-10)5-7-12/h11H,3-8,10H2,1-2H3. The molecule has 0 spiro atoms. The lowest BCUT2D eigenvalue weighted by molar-refractivity contribution is 0.0376. The van der Waals surface area contributed by atoms with E-state index in [4.69, 9.17) is 5.73 Å². The lowest BCUT2D eigenvalue weighted by atomic mass is 9.95. The first kappa shape index (κ1) is 10.2.